The quantitative estimate of drug-likeness (QED) is 0.747. The number of fused-ring (bicyclic) bond motifs is 2. The first-order valence-corrected chi connectivity index (χ1v) is 7.96. The van der Waals surface area contributed by atoms with Crippen LogP contribution in [-0.2, 0) is 23.1 Å². The first-order chi connectivity index (χ1) is 11.1. The number of benzene rings is 3. The minimum absolute atomic E-state index is 0.518. The highest BCUT2D eigenvalue weighted by Crippen LogP contribution is 2.41. The zero-order valence-corrected chi connectivity index (χ0v) is 13.2. The Morgan fingerprint density at radius 3 is 1.91 bits per heavy atom. The van der Waals surface area contributed by atoms with Crippen LogP contribution in [-0.4, -0.2) is 11.1 Å². The summed E-state index contributed by atoms with van der Waals surface area (Å²) in [7, 11) is 0. The summed E-state index contributed by atoms with van der Waals surface area (Å²) in [6.07, 6.45) is 1.04. The van der Waals surface area contributed by atoms with E-state index in [4.69, 9.17) is 11.6 Å². The van der Waals surface area contributed by atoms with Crippen LogP contribution in [0.4, 0.5) is 0 Å². The van der Waals surface area contributed by atoms with E-state index in [1.807, 2.05) is 24.3 Å². The molecule has 1 aliphatic carbocycles. The third-order valence-corrected chi connectivity index (χ3v) is 5.11. The van der Waals surface area contributed by atoms with E-state index in [-0.39, 0.29) is 0 Å². The van der Waals surface area contributed by atoms with Crippen molar-refractivity contribution in [2.75, 3.05) is 0 Å². The highest BCUT2D eigenvalue weighted by atomic mass is 35.5. The number of hydrogen-bond acceptors (Lipinski definition) is 1. The highest BCUT2D eigenvalue weighted by Gasteiger charge is 2.45. The molecule has 0 bridgehead atoms. The van der Waals surface area contributed by atoms with Crippen LogP contribution in [0.25, 0.3) is 10.8 Å². The lowest BCUT2D eigenvalue weighted by Gasteiger charge is -2.24. The van der Waals surface area contributed by atoms with Gasteiger partial charge in [-0.25, -0.2) is 0 Å². The van der Waals surface area contributed by atoms with E-state index in [9.17, 15) is 9.90 Å². The summed E-state index contributed by atoms with van der Waals surface area (Å²) in [6, 6.07) is 19.6. The molecule has 0 unspecified atom stereocenters. The Bertz CT molecular complexity index is 868. The highest BCUT2D eigenvalue weighted by molar-refractivity contribution is 6.30. The molecule has 0 saturated carbocycles. The van der Waals surface area contributed by atoms with Crippen LogP contribution in [0.15, 0.2) is 60.7 Å². The molecule has 1 aliphatic rings. The van der Waals surface area contributed by atoms with E-state index in [2.05, 4.69) is 24.3 Å². The van der Waals surface area contributed by atoms with E-state index in [1.54, 1.807) is 12.1 Å². The van der Waals surface area contributed by atoms with Crippen molar-refractivity contribution in [2.45, 2.75) is 18.3 Å². The fourth-order valence-corrected chi connectivity index (χ4v) is 3.75. The lowest BCUT2D eigenvalue weighted by molar-refractivity contribution is -0.143. The van der Waals surface area contributed by atoms with Crippen LogP contribution in [0.2, 0.25) is 5.02 Å². The third-order valence-electron chi connectivity index (χ3n) is 4.86. The van der Waals surface area contributed by atoms with E-state index in [1.165, 1.54) is 0 Å². The Morgan fingerprint density at radius 1 is 0.913 bits per heavy atom. The number of halogens is 1. The maximum Gasteiger partial charge on any atom is 0.314 e. The van der Waals surface area contributed by atoms with Crippen LogP contribution < -0.4 is 0 Å². The van der Waals surface area contributed by atoms with Crippen LogP contribution in [0.3, 0.4) is 0 Å². The lowest BCUT2D eigenvalue weighted by atomic mass is 9.78. The van der Waals surface area contributed by atoms with E-state index < -0.39 is 11.4 Å². The summed E-state index contributed by atoms with van der Waals surface area (Å²) in [5.74, 6) is -0.778. The molecule has 3 aromatic carbocycles. The Hall–Kier alpha value is -2.32. The molecular weight excluding hydrogens is 308 g/mol. The Kier molecular flexibility index (Phi) is 3.17. The number of hydrogen-bond donors (Lipinski definition) is 1. The SMILES string of the molecule is O=C(O)C1(c2ccc(Cl)cc2)Cc2cc3ccccc3cc2C1. The lowest BCUT2D eigenvalue weighted by Crippen LogP contribution is -2.36. The molecule has 0 heterocycles. The van der Waals surface area contributed by atoms with Gasteiger partial charge in [-0.15, -0.1) is 0 Å². The minimum Gasteiger partial charge on any atom is -0.481 e. The minimum atomic E-state index is -0.899. The van der Waals surface area contributed by atoms with Gasteiger partial charge in [0.2, 0.25) is 0 Å². The van der Waals surface area contributed by atoms with Crippen LogP contribution in [0.5, 0.6) is 0 Å². The number of carboxylic acids is 1. The Morgan fingerprint density at radius 2 is 1.43 bits per heavy atom. The molecule has 0 aliphatic heterocycles. The molecule has 0 spiro atoms. The Balaban J connectivity index is 1.85. The molecule has 0 radical (unpaired) electrons. The molecule has 4 rings (SSSR count). The van der Waals surface area contributed by atoms with Crippen molar-refractivity contribution in [1.82, 2.24) is 0 Å². The molecule has 1 N–H and O–H groups in total. The van der Waals surface area contributed by atoms with E-state index >= 15 is 0 Å². The molecule has 0 fully saturated rings. The normalized spacial score (nSPS) is 15.5. The molecule has 0 aromatic heterocycles. The second-order valence-corrected chi connectivity index (χ2v) is 6.65. The fourth-order valence-electron chi connectivity index (χ4n) is 3.62. The smallest absolute Gasteiger partial charge is 0.314 e. The van der Waals surface area contributed by atoms with Gasteiger partial charge in [0.05, 0.1) is 0 Å². The summed E-state index contributed by atoms with van der Waals surface area (Å²) >= 11 is 5.96. The van der Waals surface area contributed by atoms with Crippen molar-refractivity contribution in [1.29, 1.82) is 0 Å². The van der Waals surface area contributed by atoms with Crippen LogP contribution >= 0.6 is 11.6 Å². The number of carboxylic acid groups (broad SMARTS) is 1. The largest absolute Gasteiger partial charge is 0.481 e. The molecule has 0 saturated heterocycles. The fraction of sp³-hybridized carbons (Fsp3) is 0.150. The third kappa shape index (κ3) is 2.22. The molecule has 2 nitrogen and oxygen atoms in total. The zero-order chi connectivity index (χ0) is 16.0. The van der Waals surface area contributed by atoms with Crippen LogP contribution in [0.1, 0.15) is 16.7 Å². The number of aliphatic carboxylic acids is 1. The summed E-state index contributed by atoms with van der Waals surface area (Å²) < 4.78 is 0. The molecule has 0 amide bonds. The Labute approximate surface area is 139 Å². The summed E-state index contributed by atoms with van der Waals surface area (Å²) in [5.41, 5.74) is 2.17. The average Bonchev–Trinajstić information content (AvgIpc) is 2.93. The number of carbonyl (C=O) groups is 1. The maximum atomic E-state index is 12.1. The first kappa shape index (κ1) is 14.3. The van der Waals surface area contributed by atoms with Crippen molar-refractivity contribution in [3.05, 3.63) is 82.4 Å². The van der Waals surface area contributed by atoms with Crippen LogP contribution in [0, 0.1) is 0 Å². The monoisotopic (exact) mass is 322 g/mol. The standard InChI is InChI=1S/C20H15ClO2/c21-18-7-5-17(6-8-18)20(19(22)23)11-15-9-13-3-1-2-4-14(13)10-16(15)12-20/h1-10H,11-12H2,(H,22,23). The van der Waals surface area contributed by atoms with Gasteiger partial charge in [0.15, 0.2) is 0 Å². The van der Waals surface area contributed by atoms with Gasteiger partial charge in [0.1, 0.15) is 5.41 Å². The van der Waals surface area contributed by atoms with Crippen molar-refractivity contribution in [3.8, 4) is 0 Å². The summed E-state index contributed by atoms with van der Waals surface area (Å²) in [6.45, 7) is 0. The van der Waals surface area contributed by atoms with Gasteiger partial charge in [-0.2, -0.15) is 0 Å². The van der Waals surface area contributed by atoms with Crippen molar-refractivity contribution >= 4 is 28.3 Å². The van der Waals surface area contributed by atoms with Gasteiger partial charge in [-0.05, 0) is 52.4 Å². The first-order valence-electron chi connectivity index (χ1n) is 7.58. The van der Waals surface area contributed by atoms with Gasteiger partial charge in [0, 0.05) is 5.02 Å². The van der Waals surface area contributed by atoms with Crippen molar-refractivity contribution < 1.29 is 9.90 Å². The molecule has 114 valence electrons. The number of rotatable bonds is 2. The topological polar surface area (TPSA) is 37.3 Å². The predicted octanol–water partition coefficient (Wildman–Crippen LogP) is 4.61. The molecule has 3 heteroatoms. The molecular formula is C20H15ClO2. The zero-order valence-electron chi connectivity index (χ0n) is 12.4. The van der Waals surface area contributed by atoms with Gasteiger partial charge in [-0.1, -0.05) is 60.1 Å². The van der Waals surface area contributed by atoms with Crippen molar-refractivity contribution in [3.63, 3.8) is 0 Å². The molecule has 0 atom stereocenters. The van der Waals surface area contributed by atoms with E-state index in [0.29, 0.717) is 17.9 Å². The van der Waals surface area contributed by atoms with Gasteiger partial charge in [-0.3, -0.25) is 4.79 Å². The maximum absolute atomic E-state index is 12.1. The summed E-state index contributed by atoms with van der Waals surface area (Å²) in [5, 5.41) is 12.9. The average molecular weight is 323 g/mol. The van der Waals surface area contributed by atoms with Gasteiger partial charge < -0.3 is 5.11 Å². The summed E-state index contributed by atoms with van der Waals surface area (Å²) in [4.78, 5) is 12.1. The second kappa shape index (κ2) is 5.10. The molecule has 23 heavy (non-hydrogen) atoms. The predicted molar refractivity (Wildman–Crippen MR) is 92.1 cm³/mol. The van der Waals surface area contributed by atoms with Gasteiger partial charge >= 0.3 is 5.97 Å². The van der Waals surface area contributed by atoms with E-state index in [0.717, 1.165) is 27.5 Å². The molecule has 3 aromatic rings. The van der Waals surface area contributed by atoms with Gasteiger partial charge in [0.25, 0.3) is 0 Å². The van der Waals surface area contributed by atoms with Crippen molar-refractivity contribution in [2.24, 2.45) is 0 Å². The second-order valence-electron chi connectivity index (χ2n) is 6.22.